The van der Waals surface area contributed by atoms with Crippen LogP contribution in [0.5, 0.6) is 0 Å². The molecule has 10 nitrogen and oxygen atoms in total. The molecule has 0 spiro atoms. The number of aliphatic hydroxyl groups excluding tert-OH is 1. The molecule has 2 heterocycles. The molecule has 40 heavy (non-hydrogen) atoms. The second kappa shape index (κ2) is 13.7. The number of benzene rings is 1. The number of hydrogen-bond acceptors (Lipinski definition) is 9. The highest BCUT2D eigenvalue weighted by molar-refractivity contribution is 9.11. The van der Waals surface area contributed by atoms with E-state index in [2.05, 4.69) is 15.9 Å². The van der Waals surface area contributed by atoms with Crippen molar-refractivity contribution in [1.29, 1.82) is 0 Å². The van der Waals surface area contributed by atoms with E-state index in [4.69, 9.17) is 18.9 Å². The summed E-state index contributed by atoms with van der Waals surface area (Å²) in [5.41, 5.74) is 0.0970. The first kappa shape index (κ1) is 32.4. The Morgan fingerprint density at radius 2 is 1.85 bits per heavy atom. The van der Waals surface area contributed by atoms with Crippen LogP contribution in [0.4, 0.5) is 4.79 Å². The summed E-state index contributed by atoms with van der Waals surface area (Å²) in [5.74, 6) is -4.10. The Hall–Kier alpha value is -2.15. The molecule has 1 aromatic carbocycles. The summed E-state index contributed by atoms with van der Waals surface area (Å²) in [6, 6.07) is 9.07. The van der Waals surface area contributed by atoms with Crippen LogP contribution >= 0.6 is 15.9 Å². The van der Waals surface area contributed by atoms with E-state index in [-0.39, 0.29) is 36.6 Å². The van der Waals surface area contributed by atoms with Gasteiger partial charge in [-0.2, -0.15) is 0 Å². The van der Waals surface area contributed by atoms with E-state index in [9.17, 15) is 24.6 Å². The summed E-state index contributed by atoms with van der Waals surface area (Å²) in [6.45, 7) is 9.30. The fourth-order valence-corrected chi connectivity index (χ4v) is 5.69. The molecule has 1 aromatic rings. The monoisotopic (exact) mass is 625 g/mol. The molecule has 0 unspecified atom stereocenters. The molecule has 5 atom stereocenters. The van der Waals surface area contributed by atoms with E-state index in [0.29, 0.717) is 13.0 Å². The molecule has 0 radical (unpaired) electrons. The van der Waals surface area contributed by atoms with Crippen molar-refractivity contribution in [3.63, 3.8) is 0 Å². The molecule has 2 N–H and O–H groups in total. The van der Waals surface area contributed by atoms with Crippen molar-refractivity contribution in [1.82, 2.24) is 4.90 Å². The van der Waals surface area contributed by atoms with Crippen LogP contribution < -0.4 is 0 Å². The Kier molecular flexibility index (Phi) is 11.1. The molecular weight excluding hydrogens is 586 g/mol. The van der Waals surface area contributed by atoms with Gasteiger partial charge in [0.15, 0.2) is 11.6 Å². The minimum absolute atomic E-state index is 0.0663. The molecule has 3 rings (SSSR count). The molecular formula is C29H40BrNO9. The van der Waals surface area contributed by atoms with Crippen LogP contribution in [0.3, 0.4) is 0 Å². The lowest BCUT2D eigenvalue weighted by atomic mass is 9.87. The summed E-state index contributed by atoms with van der Waals surface area (Å²) in [4.78, 5) is 40.0. The largest absolute Gasteiger partial charge is 0.441 e. The summed E-state index contributed by atoms with van der Waals surface area (Å²) < 4.78 is 22.8. The molecule has 2 aliphatic heterocycles. The zero-order valence-corrected chi connectivity index (χ0v) is 25.3. The van der Waals surface area contributed by atoms with Gasteiger partial charge in [0.1, 0.15) is 17.8 Å². The van der Waals surface area contributed by atoms with E-state index in [1.807, 2.05) is 44.2 Å². The maximum Gasteiger partial charge on any atom is 0.417 e. The summed E-state index contributed by atoms with van der Waals surface area (Å²) >= 11 is 3.23. The van der Waals surface area contributed by atoms with Gasteiger partial charge in [-0.15, -0.1) is 0 Å². The number of amides is 2. The third-order valence-corrected chi connectivity index (χ3v) is 7.98. The summed E-state index contributed by atoms with van der Waals surface area (Å²) in [5, 5.41) is 20.8. The van der Waals surface area contributed by atoms with Gasteiger partial charge in [-0.3, -0.25) is 9.59 Å². The van der Waals surface area contributed by atoms with Gasteiger partial charge in [-0.05, 0) is 53.8 Å². The Morgan fingerprint density at radius 1 is 1.18 bits per heavy atom. The number of hydrogen-bond donors (Lipinski definition) is 2. The zero-order valence-electron chi connectivity index (χ0n) is 23.7. The average molecular weight is 627 g/mol. The topological polar surface area (TPSA) is 132 Å². The minimum atomic E-state index is -1.86. The van der Waals surface area contributed by atoms with E-state index in [1.54, 1.807) is 13.8 Å². The first-order chi connectivity index (χ1) is 18.8. The van der Waals surface area contributed by atoms with E-state index < -0.39 is 53.3 Å². The fraction of sp³-hybridized carbons (Fsp3) is 0.621. The summed E-state index contributed by atoms with van der Waals surface area (Å²) in [7, 11) is 0. The summed E-state index contributed by atoms with van der Waals surface area (Å²) in [6.07, 6.45) is -0.939. The van der Waals surface area contributed by atoms with Gasteiger partial charge < -0.3 is 29.2 Å². The third-order valence-electron chi connectivity index (χ3n) is 7.13. The highest BCUT2D eigenvalue weighted by atomic mass is 79.9. The predicted molar refractivity (Wildman–Crippen MR) is 149 cm³/mol. The van der Waals surface area contributed by atoms with Crippen molar-refractivity contribution < 1.29 is 43.5 Å². The van der Waals surface area contributed by atoms with Crippen LogP contribution in [-0.2, 0) is 35.1 Å². The number of ether oxygens (including phenoxy) is 4. The molecule has 1 fully saturated rings. The van der Waals surface area contributed by atoms with Crippen LogP contribution in [0, 0.1) is 11.8 Å². The van der Waals surface area contributed by atoms with Crippen LogP contribution in [0.2, 0.25) is 0 Å². The lowest BCUT2D eigenvalue weighted by Crippen LogP contribution is -2.54. The minimum Gasteiger partial charge on any atom is -0.441 e. The maximum absolute atomic E-state index is 13.5. The number of ketones is 1. The number of rotatable bonds is 13. The lowest BCUT2D eigenvalue weighted by molar-refractivity contribution is -0.218. The second-order valence-electron chi connectivity index (χ2n) is 11.2. The number of halogens is 1. The predicted octanol–water partition coefficient (Wildman–Crippen LogP) is 3.71. The standard InChI is InChI=1S/C29H40BrNO9/c1-18(2)25-28(4,5)40-27(35)31(25)26(34)19(3)24-22(33)14-23(30)29(36,39-24)12-9-13-37-17-21(15-32)38-16-20-10-7-6-8-11-20/h6-8,10-11,14,18-19,21,24-25,32,36H,9,12-13,15-17H2,1-5H3/t19-,21-,24-,25-,29+/m1/s1. The SMILES string of the molecule is CC(C)[C@H]1N(C(=O)[C@H](C)[C@H]2O[C@@](O)(CCCOC[C@@H](CO)OCc3ccccc3)C(Br)=CC2=O)C(=O)OC1(C)C. The second-order valence-corrected chi connectivity index (χ2v) is 12.0. The highest BCUT2D eigenvalue weighted by Gasteiger charge is 2.54. The molecule has 0 aromatic heterocycles. The zero-order chi connectivity index (χ0) is 29.7. The number of aliphatic hydroxyl groups is 2. The third kappa shape index (κ3) is 7.57. The first-order valence-corrected chi connectivity index (χ1v) is 14.3. The Balaban J connectivity index is 1.55. The fourth-order valence-electron chi connectivity index (χ4n) is 5.18. The van der Waals surface area contributed by atoms with Gasteiger partial charge in [-0.1, -0.05) is 51.1 Å². The molecule has 1 saturated heterocycles. The Morgan fingerprint density at radius 3 is 2.48 bits per heavy atom. The Labute approximate surface area is 243 Å². The average Bonchev–Trinajstić information content (AvgIpc) is 3.15. The number of carbonyl (C=O) groups excluding carboxylic acids is 3. The van der Waals surface area contributed by atoms with Gasteiger partial charge in [-0.25, -0.2) is 9.69 Å². The molecule has 0 bridgehead atoms. The molecule has 222 valence electrons. The molecule has 0 saturated carbocycles. The normalized spacial score (nSPS) is 26.0. The van der Waals surface area contributed by atoms with Crippen LogP contribution in [0.15, 0.2) is 40.9 Å². The van der Waals surface area contributed by atoms with Gasteiger partial charge in [0.2, 0.25) is 5.91 Å². The van der Waals surface area contributed by atoms with Crippen molar-refractivity contribution in [2.24, 2.45) is 11.8 Å². The number of carbonyl (C=O) groups is 3. The molecule has 11 heteroatoms. The number of imide groups is 1. The molecule has 2 aliphatic rings. The maximum atomic E-state index is 13.5. The lowest BCUT2D eigenvalue weighted by Gasteiger charge is -2.38. The van der Waals surface area contributed by atoms with Crippen molar-refractivity contribution in [2.75, 3.05) is 19.8 Å². The quantitative estimate of drug-likeness (QED) is 0.315. The smallest absolute Gasteiger partial charge is 0.417 e. The van der Waals surface area contributed by atoms with E-state index >= 15 is 0 Å². The van der Waals surface area contributed by atoms with Gasteiger partial charge in [0.25, 0.3) is 0 Å². The van der Waals surface area contributed by atoms with Crippen molar-refractivity contribution in [3.05, 3.63) is 46.5 Å². The van der Waals surface area contributed by atoms with Crippen LogP contribution in [0.25, 0.3) is 0 Å². The number of nitrogens with zero attached hydrogens (tertiary/aromatic N) is 1. The Bertz CT molecular complexity index is 1080. The van der Waals surface area contributed by atoms with Gasteiger partial charge in [0.05, 0.1) is 36.3 Å². The van der Waals surface area contributed by atoms with Crippen molar-refractivity contribution in [2.45, 2.75) is 83.7 Å². The van der Waals surface area contributed by atoms with E-state index in [1.165, 1.54) is 13.0 Å². The van der Waals surface area contributed by atoms with Crippen molar-refractivity contribution >= 4 is 33.7 Å². The number of cyclic esters (lactones) is 1. The molecule has 2 amide bonds. The van der Waals surface area contributed by atoms with Crippen LogP contribution in [-0.4, -0.2) is 82.4 Å². The van der Waals surface area contributed by atoms with Gasteiger partial charge in [0, 0.05) is 13.0 Å². The highest BCUT2D eigenvalue weighted by Crippen LogP contribution is 2.39. The van der Waals surface area contributed by atoms with Gasteiger partial charge >= 0.3 is 6.09 Å². The first-order valence-electron chi connectivity index (χ1n) is 13.5. The van der Waals surface area contributed by atoms with Crippen LogP contribution in [0.1, 0.15) is 53.0 Å². The molecule has 0 aliphatic carbocycles. The van der Waals surface area contributed by atoms with E-state index in [0.717, 1.165) is 10.5 Å². The van der Waals surface area contributed by atoms with Crippen molar-refractivity contribution in [3.8, 4) is 0 Å².